The van der Waals surface area contributed by atoms with E-state index in [0.717, 1.165) is 11.6 Å². The number of aliphatic hydroxyl groups is 1. The summed E-state index contributed by atoms with van der Waals surface area (Å²) in [5.41, 5.74) is 7.58. The van der Waals surface area contributed by atoms with Gasteiger partial charge in [-0.25, -0.2) is 14.3 Å². The van der Waals surface area contributed by atoms with E-state index in [1.165, 1.54) is 16.9 Å². The van der Waals surface area contributed by atoms with Gasteiger partial charge in [0.05, 0.1) is 5.69 Å². The van der Waals surface area contributed by atoms with Crippen LogP contribution in [0.15, 0.2) is 67.0 Å². The summed E-state index contributed by atoms with van der Waals surface area (Å²) in [7, 11) is 0. The van der Waals surface area contributed by atoms with E-state index in [2.05, 4.69) is 10.1 Å². The van der Waals surface area contributed by atoms with Crippen molar-refractivity contribution < 1.29 is 19.7 Å². The first-order valence-electron chi connectivity index (χ1n) is 9.88. The van der Waals surface area contributed by atoms with Gasteiger partial charge < -0.3 is 20.7 Å². The lowest BCUT2D eigenvalue weighted by atomic mass is 9.95. The molecule has 162 valence electrons. The molecule has 0 saturated carbocycles. The third-order valence-corrected chi connectivity index (χ3v) is 4.89. The van der Waals surface area contributed by atoms with Crippen molar-refractivity contribution in [3.63, 3.8) is 0 Å². The van der Waals surface area contributed by atoms with Crippen LogP contribution < -0.4 is 10.5 Å². The average molecular weight is 430 g/mol. The topological polar surface area (TPSA) is 123 Å². The zero-order valence-corrected chi connectivity index (χ0v) is 17.6. The number of para-hydroxylation sites is 1. The number of nitrogens with two attached hydrogens (primary N) is 1. The molecule has 4 aromatic rings. The number of aliphatic carboxylic acids is 1. The highest BCUT2D eigenvalue weighted by atomic mass is 16.5. The number of carboxylic acid groups (broad SMARTS) is 1. The van der Waals surface area contributed by atoms with Crippen molar-refractivity contribution >= 4 is 23.4 Å². The molecular formula is C24H22N4O4. The molecule has 0 saturated heterocycles. The van der Waals surface area contributed by atoms with E-state index in [1.807, 2.05) is 42.5 Å². The number of nitrogens with zero attached hydrogens (tertiary/aromatic N) is 3. The lowest BCUT2D eigenvalue weighted by molar-refractivity contribution is -0.131. The van der Waals surface area contributed by atoms with Crippen molar-refractivity contribution in [2.45, 2.75) is 19.4 Å². The molecule has 0 radical (unpaired) electrons. The van der Waals surface area contributed by atoms with Crippen LogP contribution in [-0.4, -0.2) is 30.8 Å². The van der Waals surface area contributed by atoms with Gasteiger partial charge in [-0.3, -0.25) is 0 Å². The summed E-state index contributed by atoms with van der Waals surface area (Å²) in [6.45, 7) is 3.21. The zero-order chi connectivity index (χ0) is 22.9. The number of rotatable bonds is 6. The molecule has 4 N–H and O–H groups in total. The summed E-state index contributed by atoms with van der Waals surface area (Å²) in [6, 6.07) is 16.7. The molecule has 0 fully saturated rings. The number of benzene rings is 2. The van der Waals surface area contributed by atoms with Crippen molar-refractivity contribution in [1.29, 1.82) is 0 Å². The van der Waals surface area contributed by atoms with Gasteiger partial charge in [-0.15, -0.1) is 0 Å². The molecule has 2 aromatic heterocycles. The van der Waals surface area contributed by atoms with Crippen LogP contribution in [0.1, 0.15) is 25.1 Å². The third-order valence-electron chi connectivity index (χ3n) is 4.89. The maximum absolute atomic E-state index is 11.3. The number of hydrogen-bond acceptors (Lipinski definition) is 6. The lowest BCUT2D eigenvalue weighted by Crippen LogP contribution is -2.20. The first-order valence-corrected chi connectivity index (χ1v) is 9.88. The van der Waals surface area contributed by atoms with E-state index in [1.54, 1.807) is 26.0 Å². The number of fused-ring (bicyclic) bond motifs is 1. The SMILES string of the molecule is CC(C)(O)c1c(/C=C/C(=O)O)c(-c2ccc(Oc3ccccc3)cc2)c2c(N)ncnn12. The van der Waals surface area contributed by atoms with Crippen LogP contribution in [0, 0.1) is 0 Å². The molecule has 8 nitrogen and oxygen atoms in total. The largest absolute Gasteiger partial charge is 0.478 e. The van der Waals surface area contributed by atoms with Gasteiger partial charge in [-0.1, -0.05) is 30.3 Å². The van der Waals surface area contributed by atoms with Crippen LogP contribution in [0.2, 0.25) is 0 Å². The van der Waals surface area contributed by atoms with Crippen LogP contribution in [-0.2, 0) is 10.4 Å². The van der Waals surface area contributed by atoms with Gasteiger partial charge in [0.2, 0.25) is 0 Å². The molecule has 2 heterocycles. The second-order valence-electron chi connectivity index (χ2n) is 7.71. The van der Waals surface area contributed by atoms with Gasteiger partial charge in [-0.2, -0.15) is 5.10 Å². The Hall–Kier alpha value is -4.17. The number of ether oxygens (including phenoxy) is 1. The summed E-state index contributed by atoms with van der Waals surface area (Å²) in [6.07, 6.45) is 3.75. The highest BCUT2D eigenvalue weighted by Gasteiger charge is 2.30. The van der Waals surface area contributed by atoms with Crippen molar-refractivity contribution in [1.82, 2.24) is 14.6 Å². The number of aromatic nitrogens is 3. The highest BCUT2D eigenvalue weighted by molar-refractivity contribution is 5.97. The fourth-order valence-corrected chi connectivity index (χ4v) is 3.64. The minimum absolute atomic E-state index is 0.208. The number of carbonyl (C=O) groups is 1. The Bertz CT molecular complexity index is 1300. The highest BCUT2D eigenvalue weighted by Crippen LogP contribution is 2.40. The van der Waals surface area contributed by atoms with Crippen LogP contribution in [0.5, 0.6) is 11.5 Å². The first kappa shape index (κ1) is 21.1. The van der Waals surface area contributed by atoms with Crippen molar-refractivity contribution in [3.05, 3.63) is 78.3 Å². The monoisotopic (exact) mass is 430 g/mol. The van der Waals surface area contributed by atoms with E-state index in [4.69, 9.17) is 10.5 Å². The number of anilines is 1. The summed E-state index contributed by atoms with van der Waals surface area (Å²) in [5, 5.41) is 24.4. The Balaban J connectivity index is 1.91. The summed E-state index contributed by atoms with van der Waals surface area (Å²) < 4.78 is 7.37. The maximum atomic E-state index is 11.3. The van der Waals surface area contributed by atoms with Crippen molar-refractivity contribution in [3.8, 4) is 22.6 Å². The third kappa shape index (κ3) is 4.03. The van der Waals surface area contributed by atoms with Crippen molar-refractivity contribution in [2.75, 3.05) is 5.73 Å². The normalized spacial score (nSPS) is 11.8. The Morgan fingerprint density at radius 1 is 1.09 bits per heavy atom. The Morgan fingerprint density at radius 2 is 1.75 bits per heavy atom. The predicted octanol–water partition coefficient (Wildman–Crippen LogP) is 4.10. The summed E-state index contributed by atoms with van der Waals surface area (Å²) in [5.74, 6) is 0.443. The van der Waals surface area contributed by atoms with Crippen LogP contribution in [0.3, 0.4) is 0 Å². The quantitative estimate of drug-likeness (QED) is 0.394. The standard InChI is InChI=1S/C24H22N4O4/c1-24(2,31)22-18(12-13-19(29)30)20(21-23(25)26-14-27-28(21)22)15-8-10-17(11-9-15)32-16-6-4-3-5-7-16/h3-14,31H,1-2H3,(H,29,30)(H2,25,26,27)/b13-12+. The number of carboxylic acids is 1. The molecule has 2 aromatic carbocycles. The fourth-order valence-electron chi connectivity index (χ4n) is 3.64. The molecule has 0 aliphatic heterocycles. The van der Waals surface area contributed by atoms with Gasteiger partial charge in [0.15, 0.2) is 5.82 Å². The lowest BCUT2D eigenvalue weighted by Gasteiger charge is -2.18. The van der Waals surface area contributed by atoms with Crippen LogP contribution in [0.25, 0.3) is 22.7 Å². The summed E-state index contributed by atoms with van der Waals surface area (Å²) in [4.78, 5) is 15.4. The average Bonchev–Trinajstić information content (AvgIpc) is 3.09. The molecule has 4 rings (SSSR count). The second kappa shape index (κ2) is 8.16. The molecule has 0 amide bonds. The Labute approximate surface area is 184 Å². The molecule has 0 aliphatic carbocycles. The molecule has 0 unspecified atom stereocenters. The van der Waals surface area contributed by atoms with Crippen molar-refractivity contribution in [2.24, 2.45) is 0 Å². The second-order valence-corrected chi connectivity index (χ2v) is 7.71. The predicted molar refractivity (Wildman–Crippen MR) is 121 cm³/mol. The fraction of sp³-hybridized carbons (Fsp3) is 0.125. The first-order chi connectivity index (χ1) is 15.3. The molecule has 8 heteroatoms. The van der Waals surface area contributed by atoms with Gasteiger partial charge >= 0.3 is 5.97 Å². The van der Waals surface area contributed by atoms with E-state index in [0.29, 0.717) is 33.8 Å². The molecule has 0 atom stereocenters. The van der Waals surface area contributed by atoms with E-state index in [-0.39, 0.29) is 5.82 Å². The molecule has 32 heavy (non-hydrogen) atoms. The molecular weight excluding hydrogens is 408 g/mol. The molecule has 0 aliphatic rings. The van der Waals surface area contributed by atoms with E-state index < -0.39 is 11.6 Å². The van der Waals surface area contributed by atoms with Gasteiger partial charge in [-0.05, 0) is 49.8 Å². The Kier molecular flexibility index (Phi) is 5.38. The number of nitrogen functional groups attached to an aromatic ring is 1. The smallest absolute Gasteiger partial charge is 0.328 e. The maximum Gasteiger partial charge on any atom is 0.328 e. The van der Waals surface area contributed by atoms with Gasteiger partial charge in [0.25, 0.3) is 0 Å². The van der Waals surface area contributed by atoms with Crippen LogP contribution in [0.4, 0.5) is 5.82 Å². The van der Waals surface area contributed by atoms with E-state index >= 15 is 0 Å². The van der Waals surface area contributed by atoms with Gasteiger partial charge in [0.1, 0.15) is 28.9 Å². The number of hydrogen-bond donors (Lipinski definition) is 3. The minimum atomic E-state index is -1.34. The van der Waals surface area contributed by atoms with E-state index in [9.17, 15) is 15.0 Å². The summed E-state index contributed by atoms with van der Waals surface area (Å²) >= 11 is 0. The van der Waals surface area contributed by atoms with Gasteiger partial charge in [0, 0.05) is 17.2 Å². The van der Waals surface area contributed by atoms with Crippen LogP contribution >= 0.6 is 0 Å². The molecule has 0 spiro atoms. The Morgan fingerprint density at radius 3 is 2.38 bits per heavy atom. The molecule has 0 bridgehead atoms. The zero-order valence-electron chi connectivity index (χ0n) is 17.6. The minimum Gasteiger partial charge on any atom is -0.478 e.